The number of oxazole rings is 1. The minimum absolute atomic E-state index is 0.0216. The van der Waals surface area contributed by atoms with Gasteiger partial charge in [0.25, 0.3) is 11.7 Å². The summed E-state index contributed by atoms with van der Waals surface area (Å²) in [5.41, 5.74) is 0.307. The average Bonchev–Trinajstić information content (AvgIpc) is 2.91. The van der Waals surface area contributed by atoms with Crippen LogP contribution in [0.15, 0.2) is 22.6 Å². The molecular formula is C11H11N3O5S. The lowest BCUT2D eigenvalue weighted by Gasteiger charge is -2.06. The number of nitrogens with one attached hydrogen (secondary N) is 1. The van der Waals surface area contributed by atoms with Crippen molar-refractivity contribution in [1.29, 1.82) is 0 Å². The summed E-state index contributed by atoms with van der Waals surface area (Å²) in [5.74, 6) is 0.152. The molecule has 1 saturated heterocycles. The van der Waals surface area contributed by atoms with E-state index in [1.165, 1.54) is 12.1 Å². The first-order valence-corrected chi connectivity index (χ1v) is 7.78. The van der Waals surface area contributed by atoms with Gasteiger partial charge in [-0.25, -0.2) is 8.42 Å². The zero-order valence-electron chi connectivity index (χ0n) is 10.3. The third kappa shape index (κ3) is 2.31. The zero-order valence-corrected chi connectivity index (χ0v) is 11.1. The molecule has 1 aromatic heterocycles. The average molecular weight is 297 g/mol. The molecule has 0 spiro atoms. The Morgan fingerprint density at radius 3 is 2.90 bits per heavy atom. The summed E-state index contributed by atoms with van der Waals surface area (Å²) in [6.45, 7) is 0. The lowest BCUT2D eigenvalue weighted by Crippen LogP contribution is -2.20. The number of rotatable bonds is 3. The minimum atomic E-state index is -3.01. The molecule has 0 bridgehead atoms. The predicted octanol–water partition coefficient (Wildman–Crippen LogP) is 1.33. The lowest BCUT2D eigenvalue weighted by atomic mass is 10.3. The number of sulfone groups is 1. The monoisotopic (exact) mass is 297 g/mol. The Labute approximate surface area is 113 Å². The van der Waals surface area contributed by atoms with E-state index in [0.29, 0.717) is 12.0 Å². The van der Waals surface area contributed by atoms with Crippen LogP contribution in [0.25, 0.3) is 11.1 Å². The van der Waals surface area contributed by atoms with E-state index < -0.39 is 14.8 Å². The number of aromatic nitrogens is 1. The van der Waals surface area contributed by atoms with Gasteiger partial charge in [0.2, 0.25) is 0 Å². The fraction of sp³-hybridized carbons (Fsp3) is 0.364. The highest BCUT2D eigenvalue weighted by atomic mass is 32.2. The standard InChI is InChI=1S/C11H11N3O5S/c15-14(16)8-2-1-3-9-10(8)13-11(19-9)12-7-4-5-20(17,18)6-7/h1-3,7H,4-6H2,(H,12,13). The van der Waals surface area contributed by atoms with Gasteiger partial charge < -0.3 is 9.73 Å². The van der Waals surface area contributed by atoms with Crippen molar-refractivity contribution < 1.29 is 17.8 Å². The van der Waals surface area contributed by atoms with Gasteiger partial charge in [0.1, 0.15) is 0 Å². The van der Waals surface area contributed by atoms with Crippen LogP contribution < -0.4 is 5.32 Å². The van der Waals surface area contributed by atoms with E-state index in [2.05, 4.69) is 10.3 Å². The Morgan fingerprint density at radius 1 is 1.45 bits per heavy atom. The summed E-state index contributed by atoms with van der Waals surface area (Å²) >= 11 is 0. The molecule has 1 aliphatic rings. The summed E-state index contributed by atoms with van der Waals surface area (Å²) in [5, 5.41) is 13.8. The van der Waals surface area contributed by atoms with Crippen LogP contribution in [-0.2, 0) is 9.84 Å². The molecule has 8 nitrogen and oxygen atoms in total. The van der Waals surface area contributed by atoms with Gasteiger partial charge in [-0.2, -0.15) is 4.98 Å². The van der Waals surface area contributed by atoms with Crippen molar-refractivity contribution in [2.45, 2.75) is 12.5 Å². The highest BCUT2D eigenvalue weighted by molar-refractivity contribution is 7.91. The number of anilines is 1. The van der Waals surface area contributed by atoms with E-state index in [4.69, 9.17) is 4.42 Å². The molecule has 1 atom stereocenters. The summed E-state index contributed by atoms with van der Waals surface area (Å²) in [7, 11) is -3.01. The number of nitrogens with zero attached hydrogens (tertiary/aromatic N) is 2. The molecule has 106 valence electrons. The summed E-state index contributed by atoms with van der Waals surface area (Å²) in [6.07, 6.45) is 0.475. The summed E-state index contributed by atoms with van der Waals surface area (Å²) < 4.78 is 28.1. The van der Waals surface area contributed by atoms with Crippen LogP contribution in [0.5, 0.6) is 0 Å². The third-order valence-electron chi connectivity index (χ3n) is 3.15. The van der Waals surface area contributed by atoms with E-state index in [9.17, 15) is 18.5 Å². The Bertz CT molecular complexity index is 782. The van der Waals surface area contributed by atoms with Crippen molar-refractivity contribution >= 4 is 32.6 Å². The molecular weight excluding hydrogens is 286 g/mol. The highest BCUT2D eigenvalue weighted by Gasteiger charge is 2.29. The maximum atomic E-state index is 11.4. The normalized spacial score (nSPS) is 21.1. The summed E-state index contributed by atoms with van der Waals surface area (Å²) in [4.78, 5) is 14.4. The van der Waals surface area contributed by atoms with Crippen molar-refractivity contribution in [2.24, 2.45) is 0 Å². The quantitative estimate of drug-likeness (QED) is 0.671. The van der Waals surface area contributed by atoms with Gasteiger partial charge >= 0.3 is 0 Å². The molecule has 1 N–H and O–H groups in total. The van der Waals surface area contributed by atoms with E-state index in [1.807, 2.05) is 0 Å². The van der Waals surface area contributed by atoms with Crippen molar-refractivity contribution in [3.8, 4) is 0 Å². The van der Waals surface area contributed by atoms with Crippen LogP contribution in [0, 0.1) is 10.1 Å². The number of para-hydroxylation sites is 1. The van der Waals surface area contributed by atoms with E-state index in [1.54, 1.807) is 6.07 Å². The predicted molar refractivity (Wildman–Crippen MR) is 71.3 cm³/mol. The largest absolute Gasteiger partial charge is 0.423 e. The van der Waals surface area contributed by atoms with Gasteiger partial charge in [0.15, 0.2) is 20.9 Å². The van der Waals surface area contributed by atoms with Crippen molar-refractivity contribution in [3.05, 3.63) is 28.3 Å². The molecule has 2 aromatic rings. The van der Waals surface area contributed by atoms with Gasteiger partial charge in [0.05, 0.1) is 16.4 Å². The Kier molecular flexibility index (Phi) is 2.85. The molecule has 3 rings (SSSR count). The molecule has 1 aromatic carbocycles. The van der Waals surface area contributed by atoms with Gasteiger partial charge in [-0.15, -0.1) is 0 Å². The number of hydrogen-bond donors (Lipinski definition) is 1. The number of nitro groups is 1. The maximum Gasteiger partial charge on any atom is 0.298 e. The van der Waals surface area contributed by atoms with E-state index in [-0.39, 0.29) is 34.8 Å². The Morgan fingerprint density at radius 2 is 2.25 bits per heavy atom. The van der Waals surface area contributed by atoms with Crippen LogP contribution >= 0.6 is 0 Å². The first-order chi connectivity index (χ1) is 9.44. The van der Waals surface area contributed by atoms with E-state index in [0.717, 1.165) is 0 Å². The van der Waals surface area contributed by atoms with Gasteiger partial charge in [0, 0.05) is 12.1 Å². The van der Waals surface area contributed by atoms with Gasteiger partial charge in [-0.05, 0) is 12.5 Å². The van der Waals surface area contributed by atoms with E-state index >= 15 is 0 Å². The van der Waals surface area contributed by atoms with Gasteiger partial charge in [-0.1, -0.05) is 6.07 Å². The van der Waals surface area contributed by atoms with Crippen molar-refractivity contribution in [1.82, 2.24) is 4.98 Å². The van der Waals surface area contributed by atoms with Crippen LogP contribution in [0.2, 0.25) is 0 Å². The first-order valence-electron chi connectivity index (χ1n) is 5.95. The molecule has 0 amide bonds. The number of benzene rings is 1. The molecule has 9 heteroatoms. The first kappa shape index (κ1) is 12.9. The van der Waals surface area contributed by atoms with Crippen molar-refractivity contribution in [2.75, 3.05) is 16.8 Å². The number of nitro benzene ring substituents is 1. The van der Waals surface area contributed by atoms with Crippen LogP contribution in [-0.4, -0.2) is 35.9 Å². The molecule has 1 unspecified atom stereocenters. The number of fused-ring (bicyclic) bond motifs is 1. The molecule has 0 saturated carbocycles. The Hall–Kier alpha value is -2.16. The van der Waals surface area contributed by atoms with Crippen LogP contribution in [0.3, 0.4) is 0 Å². The number of non-ortho nitro benzene ring substituents is 1. The highest BCUT2D eigenvalue weighted by Crippen LogP contribution is 2.28. The smallest absolute Gasteiger partial charge is 0.298 e. The zero-order chi connectivity index (χ0) is 14.3. The molecule has 2 heterocycles. The van der Waals surface area contributed by atoms with Gasteiger partial charge in [-0.3, -0.25) is 10.1 Å². The summed E-state index contributed by atoms with van der Waals surface area (Å²) in [6, 6.07) is 4.26. The van der Waals surface area contributed by atoms with Crippen LogP contribution in [0.4, 0.5) is 11.7 Å². The SMILES string of the molecule is O=[N+]([O-])c1cccc2oc(NC3CCS(=O)(=O)C3)nc12. The topological polar surface area (TPSA) is 115 Å². The fourth-order valence-corrected chi connectivity index (χ4v) is 3.90. The second-order valence-electron chi connectivity index (χ2n) is 4.64. The fourth-order valence-electron chi connectivity index (χ4n) is 2.23. The second kappa shape index (κ2) is 4.44. The maximum absolute atomic E-state index is 11.4. The van der Waals surface area contributed by atoms with Crippen LogP contribution in [0.1, 0.15) is 6.42 Å². The second-order valence-corrected chi connectivity index (χ2v) is 6.87. The minimum Gasteiger partial charge on any atom is -0.423 e. The Balaban J connectivity index is 1.90. The number of hydrogen-bond acceptors (Lipinski definition) is 7. The lowest BCUT2D eigenvalue weighted by molar-refractivity contribution is -0.383. The third-order valence-corrected chi connectivity index (χ3v) is 4.92. The molecule has 20 heavy (non-hydrogen) atoms. The molecule has 1 fully saturated rings. The molecule has 0 radical (unpaired) electrons. The van der Waals surface area contributed by atoms with Crippen molar-refractivity contribution in [3.63, 3.8) is 0 Å². The molecule has 0 aliphatic carbocycles. The molecule has 1 aliphatic heterocycles.